The van der Waals surface area contributed by atoms with Crippen molar-refractivity contribution in [3.63, 3.8) is 0 Å². The lowest BCUT2D eigenvalue weighted by Crippen LogP contribution is -1.94. The number of fused-ring (bicyclic) bond motifs is 9. The molecule has 3 heteroatoms. The van der Waals surface area contributed by atoms with E-state index in [0.29, 0.717) is 0 Å². The van der Waals surface area contributed by atoms with Gasteiger partial charge in [0, 0.05) is 38.0 Å². The molecule has 0 amide bonds. The highest BCUT2D eigenvalue weighted by molar-refractivity contribution is 6.14. The van der Waals surface area contributed by atoms with Gasteiger partial charge in [-0.05, 0) is 96.3 Å². The molecule has 0 unspecified atom stereocenters. The van der Waals surface area contributed by atoms with Gasteiger partial charge in [-0.3, -0.25) is 0 Å². The van der Waals surface area contributed by atoms with E-state index in [2.05, 4.69) is 168 Å². The maximum atomic E-state index is 6.64. The summed E-state index contributed by atoms with van der Waals surface area (Å²) in [6, 6.07) is 55.2. The first kappa shape index (κ1) is 28.0. The molecule has 0 aliphatic rings. The Labute approximate surface area is 284 Å². The van der Waals surface area contributed by atoms with Crippen LogP contribution in [0.15, 0.2) is 156 Å². The Balaban J connectivity index is 1.16. The summed E-state index contributed by atoms with van der Waals surface area (Å²) in [6.07, 6.45) is 3.48. The van der Waals surface area contributed by atoms with Crippen molar-refractivity contribution in [3.8, 4) is 22.5 Å². The fourth-order valence-corrected chi connectivity index (χ4v) is 7.96. The summed E-state index contributed by atoms with van der Waals surface area (Å²) in [6.45, 7) is 2.25. The van der Waals surface area contributed by atoms with Crippen LogP contribution in [-0.4, -0.2) is 9.13 Å². The third kappa shape index (κ3) is 4.29. The van der Waals surface area contributed by atoms with E-state index in [0.717, 1.165) is 28.7 Å². The molecule has 10 rings (SSSR count). The fourth-order valence-electron chi connectivity index (χ4n) is 7.96. The minimum Gasteiger partial charge on any atom is -0.454 e. The van der Waals surface area contributed by atoms with Crippen molar-refractivity contribution >= 4 is 65.6 Å². The highest BCUT2D eigenvalue weighted by atomic mass is 16.3. The summed E-state index contributed by atoms with van der Waals surface area (Å²) in [5.74, 6) is 0. The Bertz CT molecular complexity index is 2870. The number of nitrogens with zero attached hydrogens (tertiary/aromatic N) is 2. The Morgan fingerprint density at radius 2 is 1.08 bits per heavy atom. The minimum absolute atomic E-state index is 0.928. The van der Waals surface area contributed by atoms with Crippen molar-refractivity contribution in [2.24, 2.45) is 0 Å². The van der Waals surface area contributed by atoms with Crippen LogP contribution in [0.2, 0.25) is 0 Å². The van der Waals surface area contributed by atoms with Crippen molar-refractivity contribution in [3.05, 3.63) is 157 Å². The minimum atomic E-state index is 0.928. The van der Waals surface area contributed by atoms with E-state index in [-0.39, 0.29) is 0 Å². The zero-order valence-corrected chi connectivity index (χ0v) is 27.4. The Morgan fingerprint density at radius 3 is 1.80 bits per heavy atom. The molecule has 0 saturated carbocycles. The van der Waals surface area contributed by atoms with Crippen LogP contribution in [0.4, 0.5) is 0 Å². The molecule has 7 aromatic carbocycles. The average Bonchev–Trinajstić information content (AvgIpc) is 3.81. The van der Waals surface area contributed by atoms with Gasteiger partial charge in [-0.15, -0.1) is 0 Å². The summed E-state index contributed by atoms with van der Waals surface area (Å²) in [5, 5.41) is 7.34. The Morgan fingerprint density at radius 1 is 0.469 bits per heavy atom. The number of hydrogen-bond donors (Lipinski definition) is 0. The largest absolute Gasteiger partial charge is 0.454 e. The quantitative estimate of drug-likeness (QED) is 0.179. The molecule has 0 atom stereocenters. The topological polar surface area (TPSA) is 23.0 Å². The molecule has 0 N–H and O–H groups in total. The second-order valence-electron chi connectivity index (χ2n) is 13.2. The first-order chi connectivity index (χ1) is 24.3. The highest BCUT2D eigenvalue weighted by Crippen LogP contribution is 2.40. The van der Waals surface area contributed by atoms with Gasteiger partial charge in [0.2, 0.25) is 0 Å². The predicted octanol–water partition coefficient (Wildman–Crippen LogP) is 12.8. The van der Waals surface area contributed by atoms with Gasteiger partial charge in [0.1, 0.15) is 5.58 Å². The highest BCUT2D eigenvalue weighted by Gasteiger charge is 2.19. The van der Waals surface area contributed by atoms with Crippen LogP contribution in [0.3, 0.4) is 0 Å². The molecule has 3 nitrogen and oxygen atoms in total. The lowest BCUT2D eigenvalue weighted by atomic mass is 10.0. The average molecular weight is 631 g/mol. The number of rotatable bonds is 6. The molecular weight excluding hydrogens is 597 g/mol. The van der Waals surface area contributed by atoms with Gasteiger partial charge < -0.3 is 13.6 Å². The molecule has 0 saturated heterocycles. The molecule has 49 heavy (non-hydrogen) atoms. The molecular formula is C46H34N2O. The molecule has 0 spiro atoms. The third-order valence-corrected chi connectivity index (χ3v) is 10.3. The predicted molar refractivity (Wildman–Crippen MR) is 206 cm³/mol. The van der Waals surface area contributed by atoms with Crippen LogP contribution in [0, 0.1) is 0 Å². The molecule has 0 radical (unpaired) electrons. The van der Waals surface area contributed by atoms with E-state index in [4.69, 9.17) is 4.42 Å². The van der Waals surface area contributed by atoms with Crippen LogP contribution >= 0.6 is 0 Å². The second kappa shape index (κ2) is 11.0. The first-order valence-corrected chi connectivity index (χ1v) is 17.3. The van der Waals surface area contributed by atoms with Crippen molar-refractivity contribution < 1.29 is 4.42 Å². The van der Waals surface area contributed by atoms with Crippen LogP contribution in [0.1, 0.15) is 25.3 Å². The molecule has 234 valence electrons. The summed E-state index contributed by atoms with van der Waals surface area (Å²) in [7, 11) is 0. The molecule has 0 aliphatic heterocycles. The second-order valence-corrected chi connectivity index (χ2v) is 13.2. The third-order valence-electron chi connectivity index (χ3n) is 10.3. The first-order valence-electron chi connectivity index (χ1n) is 17.3. The van der Waals surface area contributed by atoms with Crippen LogP contribution in [0.25, 0.3) is 88.1 Å². The molecule has 3 aromatic heterocycles. The summed E-state index contributed by atoms with van der Waals surface area (Å²) >= 11 is 0. The Hall–Kier alpha value is -6.06. The van der Waals surface area contributed by atoms with Gasteiger partial charge in [0.05, 0.1) is 27.8 Å². The lowest BCUT2D eigenvalue weighted by molar-refractivity contribution is 0.666. The number of benzene rings is 7. The summed E-state index contributed by atoms with van der Waals surface area (Å²) in [5.41, 5.74) is 12.7. The van der Waals surface area contributed by atoms with Crippen LogP contribution in [-0.2, 0) is 6.42 Å². The molecule has 0 fully saturated rings. The molecule has 0 aliphatic carbocycles. The lowest BCUT2D eigenvalue weighted by Gasteiger charge is -2.10. The smallest absolute Gasteiger partial charge is 0.159 e. The zero-order chi connectivity index (χ0) is 32.5. The Kier molecular flexibility index (Phi) is 6.29. The van der Waals surface area contributed by atoms with Crippen molar-refractivity contribution in [1.82, 2.24) is 9.13 Å². The number of aromatic nitrogens is 2. The van der Waals surface area contributed by atoms with Crippen molar-refractivity contribution in [1.29, 1.82) is 0 Å². The van der Waals surface area contributed by atoms with E-state index in [1.54, 1.807) is 0 Å². The van der Waals surface area contributed by atoms with Crippen molar-refractivity contribution in [2.45, 2.75) is 26.2 Å². The molecule has 3 heterocycles. The number of furan rings is 1. The van der Waals surface area contributed by atoms with Gasteiger partial charge in [0.15, 0.2) is 5.58 Å². The van der Waals surface area contributed by atoms with E-state index in [9.17, 15) is 0 Å². The number of para-hydroxylation sites is 4. The summed E-state index contributed by atoms with van der Waals surface area (Å²) in [4.78, 5) is 0. The summed E-state index contributed by atoms with van der Waals surface area (Å²) < 4.78 is 11.4. The number of aryl methyl sites for hydroxylation is 1. The van der Waals surface area contributed by atoms with Gasteiger partial charge >= 0.3 is 0 Å². The van der Waals surface area contributed by atoms with E-state index < -0.39 is 0 Å². The fraction of sp³-hybridized carbons (Fsp3) is 0.0870. The number of unbranched alkanes of at least 4 members (excludes halogenated alkanes) is 1. The van der Waals surface area contributed by atoms with E-state index in [1.807, 2.05) is 0 Å². The van der Waals surface area contributed by atoms with Gasteiger partial charge in [-0.2, -0.15) is 0 Å². The van der Waals surface area contributed by atoms with Crippen LogP contribution in [0.5, 0.6) is 0 Å². The zero-order valence-electron chi connectivity index (χ0n) is 27.4. The van der Waals surface area contributed by atoms with Gasteiger partial charge in [-0.25, -0.2) is 0 Å². The number of hydrogen-bond acceptors (Lipinski definition) is 1. The molecule has 10 aromatic rings. The standard InChI is InChI=1S/C46H34N2O/c1-2-3-12-30-21-26-45-39(27-30)36-17-11-20-44(46(36)49-45)48-41-19-10-8-16-35(41)38-29-32(23-25-43(38)48)31-22-24-42-37(28-31)34-15-7-9-18-40(34)47(42)33-13-5-4-6-14-33/h4-11,13-29H,2-3,12H2,1H3. The normalized spacial score (nSPS) is 12.0. The van der Waals surface area contributed by atoms with Gasteiger partial charge in [-0.1, -0.05) is 98.3 Å². The van der Waals surface area contributed by atoms with Crippen LogP contribution < -0.4 is 0 Å². The SMILES string of the molecule is CCCCc1ccc2oc3c(-n4c5ccccc5c5cc(-c6ccc7c(c6)c6ccccc6n7-c6ccccc6)ccc54)cccc3c2c1. The van der Waals surface area contributed by atoms with Gasteiger partial charge in [0.25, 0.3) is 0 Å². The van der Waals surface area contributed by atoms with E-state index in [1.165, 1.54) is 84.2 Å². The van der Waals surface area contributed by atoms with Crippen molar-refractivity contribution in [2.75, 3.05) is 0 Å². The van der Waals surface area contributed by atoms with E-state index >= 15 is 0 Å². The monoisotopic (exact) mass is 630 g/mol. The maximum absolute atomic E-state index is 6.64. The maximum Gasteiger partial charge on any atom is 0.159 e. The molecule has 0 bridgehead atoms.